The van der Waals surface area contributed by atoms with Crippen molar-refractivity contribution in [3.05, 3.63) is 104 Å². The van der Waals surface area contributed by atoms with Crippen LogP contribution in [-0.4, -0.2) is 15.8 Å². The summed E-state index contributed by atoms with van der Waals surface area (Å²) in [6.07, 6.45) is 1.05. The summed E-state index contributed by atoms with van der Waals surface area (Å²) in [6.45, 7) is 5.58. The third-order valence-electron chi connectivity index (χ3n) is 6.09. The Hall–Kier alpha value is -3.79. The molecule has 1 heterocycles. The zero-order valence-electron chi connectivity index (χ0n) is 19.5. The summed E-state index contributed by atoms with van der Waals surface area (Å²) in [5.74, 6) is -0.911. The van der Waals surface area contributed by atoms with Crippen molar-refractivity contribution in [1.29, 1.82) is 5.26 Å². The molecule has 1 N–H and O–H groups in total. The Morgan fingerprint density at radius 1 is 1.12 bits per heavy atom. The summed E-state index contributed by atoms with van der Waals surface area (Å²) in [7, 11) is 0. The molecule has 3 rings (SSSR count). The number of nitrogens with zero attached hydrogens (tertiary/aromatic N) is 2. The Morgan fingerprint density at radius 2 is 1.82 bits per heavy atom. The molecular formula is C27H27F2N3O2. The zero-order chi connectivity index (χ0) is 24.8. The van der Waals surface area contributed by atoms with Crippen LogP contribution in [0.5, 0.6) is 0 Å². The predicted molar refractivity (Wildman–Crippen MR) is 126 cm³/mol. The largest absolute Gasteiger partial charge is 0.331 e. The van der Waals surface area contributed by atoms with E-state index in [1.54, 1.807) is 43.0 Å². The van der Waals surface area contributed by atoms with E-state index in [4.69, 9.17) is 0 Å². The van der Waals surface area contributed by atoms with Crippen molar-refractivity contribution in [3.63, 3.8) is 0 Å². The number of rotatable bonds is 8. The lowest BCUT2D eigenvalue weighted by molar-refractivity contribution is -0.134. The van der Waals surface area contributed by atoms with E-state index in [0.717, 1.165) is 11.1 Å². The number of carbonyl (C=O) groups excluding carboxylic acids is 1. The lowest BCUT2D eigenvalue weighted by Gasteiger charge is -2.32. The average Bonchev–Trinajstić information content (AvgIpc) is 2.80. The van der Waals surface area contributed by atoms with E-state index in [0.29, 0.717) is 29.7 Å². The van der Waals surface area contributed by atoms with Crippen molar-refractivity contribution in [1.82, 2.24) is 9.88 Å². The highest BCUT2D eigenvalue weighted by Gasteiger charge is 2.25. The Labute approximate surface area is 197 Å². The molecule has 7 heteroatoms. The number of amides is 1. The topological polar surface area (TPSA) is 77.0 Å². The van der Waals surface area contributed by atoms with Crippen LogP contribution in [0.2, 0.25) is 0 Å². The van der Waals surface area contributed by atoms with E-state index in [2.05, 4.69) is 4.98 Å². The van der Waals surface area contributed by atoms with Crippen LogP contribution in [0.25, 0.3) is 0 Å². The number of aryl methyl sites for hydroxylation is 1. The first-order valence-electron chi connectivity index (χ1n) is 11.2. The lowest BCUT2D eigenvalue weighted by atomic mass is 9.97. The van der Waals surface area contributed by atoms with Crippen LogP contribution in [0, 0.1) is 36.8 Å². The van der Waals surface area contributed by atoms with E-state index in [-0.39, 0.29) is 42.1 Å². The molecular weight excluding hydrogens is 436 g/mol. The second kappa shape index (κ2) is 10.9. The van der Waals surface area contributed by atoms with Crippen LogP contribution in [0.15, 0.2) is 53.3 Å². The molecule has 5 nitrogen and oxygen atoms in total. The smallest absolute Gasteiger partial charge is 0.266 e. The molecule has 2 aromatic carbocycles. The normalized spacial score (nSPS) is 11.6. The highest BCUT2D eigenvalue weighted by Crippen LogP contribution is 2.28. The van der Waals surface area contributed by atoms with Crippen molar-refractivity contribution in [2.24, 2.45) is 0 Å². The summed E-state index contributed by atoms with van der Waals surface area (Å²) >= 11 is 0. The molecule has 0 saturated carbocycles. The molecule has 34 heavy (non-hydrogen) atoms. The van der Waals surface area contributed by atoms with Gasteiger partial charge in [-0.25, -0.2) is 8.78 Å². The second-order valence-electron chi connectivity index (χ2n) is 8.30. The molecule has 1 aromatic heterocycles. The average molecular weight is 464 g/mol. The quantitative estimate of drug-likeness (QED) is 0.495. The van der Waals surface area contributed by atoms with E-state index in [1.165, 1.54) is 24.3 Å². The maximum atomic E-state index is 13.8. The van der Waals surface area contributed by atoms with Crippen molar-refractivity contribution < 1.29 is 13.6 Å². The first kappa shape index (κ1) is 24.8. The summed E-state index contributed by atoms with van der Waals surface area (Å²) in [5, 5.41) is 9.31. The molecule has 0 saturated heterocycles. The third kappa shape index (κ3) is 5.57. The van der Waals surface area contributed by atoms with Gasteiger partial charge in [-0.15, -0.1) is 0 Å². The lowest BCUT2D eigenvalue weighted by Crippen LogP contribution is -2.34. The molecule has 0 aliphatic rings. The number of halogens is 2. The van der Waals surface area contributed by atoms with Crippen molar-refractivity contribution >= 4 is 5.91 Å². The maximum absolute atomic E-state index is 13.8. The van der Waals surface area contributed by atoms with E-state index in [1.807, 2.05) is 13.0 Å². The summed E-state index contributed by atoms with van der Waals surface area (Å²) < 4.78 is 27.3. The van der Waals surface area contributed by atoms with E-state index < -0.39 is 5.56 Å². The van der Waals surface area contributed by atoms with Gasteiger partial charge in [-0.2, -0.15) is 5.26 Å². The molecule has 176 valence electrons. The fraction of sp³-hybridized carbons (Fsp3) is 0.296. The van der Waals surface area contributed by atoms with E-state index >= 15 is 0 Å². The Kier molecular flexibility index (Phi) is 7.95. The fourth-order valence-electron chi connectivity index (χ4n) is 4.32. The van der Waals surface area contributed by atoms with Gasteiger partial charge in [0.1, 0.15) is 23.3 Å². The van der Waals surface area contributed by atoms with Crippen LogP contribution in [0.1, 0.15) is 59.3 Å². The number of carbonyl (C=O) groups is 1. The van der Waals surface area contributed by atoms with Crippen molar-refractivity contribution in [2.45, 2.75) is 52.6 Å². The minimum absolute atomic E-state index is 0.0439. The van der Waals surface area contributed by atoms with Crippen LogP contribution in [0.4, 0.5) is 8.78 Å². The molecule has 0 bridgehead atoms. The summed E-state index contributed by atoms with van der Waals surface area (Å²) in [5.41, 5.74) is 2.99. The predicted octanol–water partition coefficient (Wildman–Crippen LogP) is 5.25. The van der Waals surface area contributed by atoms with Crippen LogP contribution >= 0.6 is 0 Å². The van der Waals surface area contributed by atoms with Gasteiger partial charge in [0.15, 0.2) is 0 Å². The third-order valence-corrected chi connectivity index (χ3v) is 6.09. The fourth-order valence-corrected chi connectivity index (χ4v) is 4.32. The van der Waals surface area contributed by atoms with Crippen LogP contribution in [-0.2, 0) is 17.8 Å². The van der Waals surface area contributed by atoms with Gasteiger partial charge in [0.25, 0.3) is 5.56 Å². The number of benzene rings is 2. The van der Waals surface area contributed by atoms with Gasteiger partial charge in [0.2, 0.25) is 5.91 Å². The number of aromatic nitrogens is 1. The number of aromatic amines is 1. The number of nitriles is 1. The molecule has 0 aliphatic carbocycles. The molecule has 0 fully saturated rings. The first-order chi connectivity index (χ1) is 16.2. The zero-order valence-corrected chi connectivity index (χ0v) is 19.5. The van der Waals surface area contributed by atoms with E-state index in [9.17, 15) is 23.6 Å². The van der Waals surface area contributed by atoms with Crippen LogP contribution < -0.4 is 5.56 Å². The first-order valence-corrected chi connectivity index (χ1v) is 11.2. The maximum Gasteiger partial charge on any atom is 0.266 e. The van der Waals surface area contributed by atoms with Crippen LogP contribution in [0.3, 0.4) is 0 Å². The Morgan fingerprint density at radius 3 is 2.44 bits per heavy atom. The molecule has 0 spiro atoms. The second-order valence-corrected chi connectivity index (χ2v) is 8.30. The van der Waals surface area contributed by atoms with Gasteiger partial charge >= 0.3 is 0 Å². The molecule has 1 unspecified atom stereocenters. The standard InChI is InChI=1S/C27H27F2N3O2/c1-4-25(20-8-10-21(28)11-9-20)32(16-19-6-5-7-22(29)14-19)26(33)13-12-23-17(2)24(15-30)27(34)31-18(23)3/h5-11,14,25H,4,12-13,16H2,1-3H3,(H,31,34). The van der Waals surface area contributed by atoms with Gasteiger partial charge in [-0.05, 0) is 73.2 Å². The van der Waals surface area contributed by atoms with Crippen molar-refractivity contribution in [3.8, 4) is 6.07 Å². The Balaban J connectivity index is 1.92. The molecule has 1 amide bonds. The summed E-state index contributed by atoms with van der Waals surface area (Å²) in [4.78, 5) is 29.9. The number of hydrogen-bond acceptors (Lipinski definition) is 3. The van der Waals surface area contributed by atoms with Gasteiger partial charge in [-0.3, -0.25) is 9.59 Å². The van der Waals surface area contributed by atoms with Gasteiger partial charge in [-0.1, -0.05) is 31.2 Å². The Bertz CT molecular complexity index is 1280. The summed E-state index contributed by atoms with van der Waals surface area (Å²) in [6, 6.07) is 13.7. The molecule has 1 atom stereocenters. The highest BCUT2D eigenvalue weighted by molar-refractivity contribution is 5.77. The molecule has 3 aromatic rings. The SMILES string of the molecule is CCC(c1ccc(F)cc1)N(Cc1cccc(F)c1)C(=O)CCc1c(C)[nH]c(=O)c(C#N)c1C. The number of hydrogen-bond donors (Lipinski definition) is 1. The minimum atomic E-state index is -0.442. The molecule has 0 aliphatic heterocycles. The number of nitrogens with one attached hydrogen (secondary N) is 1. The highest BCUT2D eigenvalue weighted by atomic mass is 19.1. The minimum Gasteiger partial charge on any atom is -0.331 e. The monoisotopic (exact) mass is 463 g/mol. The number of H-pyrrole nitrogens is 1. The van der Waals surface area contributed by atoms with Crippen molar-refractivity contribution in [2.75, 3.05) is 0 Å². The molecule has 0 radical (unpaired) electrons. The van der Waals surface area contributed by atoms with Gasteiger partial charge in [0, 0.05) is 18.7 Å². The van der Waals surface area contributed by atoms with Gasteiger partial charge < -0.3 is 9.88 Å². The number of pyridine rings is 1. The van der Waals surface area contributed by atoms with Gasteiger partial charge in [0.05, 0.1) is 6.04 Å².